The van der Waals surface area contributed by atoms with E-state index in [1.807, 2.05) is 59.2 Å². The smallest absolute Gasteiger partial charge is 0.234 e. The van der Waals surface area contributed by atoms with Crippen LogP contribution in [0.15, 0.2) is 88.5 Å². The largest absolute Gasteiger partial charge is 0.325 e. The minimum atomic E-state index is -0.146. The van der Waals surface area contributed by atoms with Crippen LogP contribution in [0.25, 0.3) is 17.1 Å². The fourth-order valence-electron chi connectivity index (χ4n) is 2.88. The van der Waals surface area contributed by atoms with Crippen LogP contribution in [-0.2, 0) is 4.79 Å². The first kappa shape index (κ1) is 20.7. The number of para-hydroxylation sites is 1. The van der Waals surface area contributed by atoms with Gasteiger partial charge in [-0.25, -0.2) is 0 Å². The molecule has 0 saturated carbocycles. The Morgan fingerprint density at radius 3 is 2.53 bits per heavy atom. The number of halogens is 2. The third-order valence-electron chi connectivity index (χ3n) is 4.20. The lowest BCUT2D eigenvalue weighted by atomic mass is 10.2. The minimum Gasteiger partial charge on any atom is -0.325 e. The van der Waals surface area contributed by atoms with E-state index in [1.165, 1.54) is 11.8 Å². The second-order valence-corrected chi connectivity index (χ2v) is 8.54. The Kier molecular flexibility index (Phi) is 6.52. The van der Waals surface area contributed by atoms with Gasteiger partial charge >= 0.3 is 0 Å². The molecule has 4 rings (SSSR count). The van der Waals surface area contributed by atoms with Crippen molar-refractivity contribution in [3.63, 3.8) is 0 Å². The molecule has 1 amide bonds. The van der Waals surface area contributed by atoms with Gasteiger partial charge in [-0.15, -0.1) is 10.2 Å². The second kappa shape index (κ2) is 9.47. The number of amides is 1. The molecule has 1 N–H and O–H groups in total. The summed E-state index contributed by atoms with van der Waals surface area (Å²) in [6, 6.07) is 24.8. The molecule has 0 spiro atoms. The van der Waals surface area contributed by atoms with Crippen LogP contribution >= 0.6 is 39.3 Å². The van der Waals surface area contributed by atoms with E-state index in [2.05, 4.69) is 31.4 Å². The first-order chi connectivity index (χ1) is 14.6. The van der Waals surface area contributed by atoms with Crippen molar-refractivity contribution in [3.05, 3.63) is 88.4 Å². The highest BCUT2D eigenvalue weighted by molar-refractivity contribution is 9.10. The van der Waals surface area contributed by atoms with E-state index >= 15 is 0 Å². The maximum Gasteiger partial charge on any atom is 0.234 e. The van der Waals surface area contributed by atoms with Crippen molar-refractivity contribution in [2.75, 3.05) is 11.1 Å². The molecule has 0 aliphatic carbocycles. The first-order valence-corrected chi connectivity index (χ1v) is 11.2. The highest BCUT2D eigenvalue weighted by atomic mass is 79.9. The van der Waals surface area contributed by atoms with Crippen LogP contribution in [0.1, 0.15) is 0 Å². The molecule has 3 aromatic carbocycles. The fraction of sp³-hybridized carbons (Fsp3) is 0.0455. The number of aromatic nitrogens is 3. The Labute approximate surface area is 191 Å². The summed E-state index contributed by atoms with van der Waals surface area (Å²) in [7, 11) is 0. The van der Waals surface area contributed by atoms with Crippen molar-refractivity contribution in [2.45, 2.75) is 5.16 Å². The molecule has 0 aliphatic heterocycles. The van der Waals surface area contributed by atoms with Gasteiger partial charge in [0.25, 0.3) is 0 Å². The zero-order valence-corrected chi connectivity index (χ0v) is 18.8. The quantitative estimate of drug-likeness (QED) is 0.327. The number of nitrogens with one attached hydrogen (secondary N) is 1. The van der Waals surface area contributed by atoms with Gasteiger partial charge in [0.2, 0.25) is 5.91 Å². The summed E-state index contributed by atoms with van der Waals surface area (Å²) < 4.78 is 2.88. The van der Waals surface area contributed by atoms with Crippen LogP contribution in [0, 0.1) is 0 Å². The van der Waals surface area contributed by atoms with E-state index in [0.29, 0.717) is 21.7 Å². The molecule has 150 valence electrons. The molecule has 0 aliphatic rings. The van der Waals surface area contributed by atoms with Crippen LogP contribution < -0.4 is 5.32 Å². The number of nitrogens with zero attached hydrogens (tertiary/aromatic N) is 3. The maximum absolute atomic E-state index is 12.4. The predicted octanol–water partition coefficient (Wildman–Crippen LogP) is 6.08. The molecule has 5 nitrogen and oxygen atoms in total. The molecule has 0 saturated heterocycles. The summed E-state index contributed by atoms with van der Waals surface area (Å²) >= 11 is 10.9. The Morgan fingerprint density at radius 2 is 1.77 bits per heavy atom. The van der Waals surface area contributed by atoms with Crippen molar-refractivity contribution < 1.29 is 4.79 Å². The van der Waals surface area contributed by atoms with Gasteiger partial charge < -0.3 is 5.32 Å². The minimum absolute atomic E-state index is 0.146. The van der Waals surface area contributed by atoms with E-state index in [1.54, 1.807) is 24.3 Å². The fourth-order valence-corrected chi connectivity index (χ4v) is 4.29. The lowest BCUT2D eigenvalue weighted by Gasteiger charge is -2.11. The van der Waals surface area contributed by atoms with Crippen molar-refractivity contribution in [3.8, 4) is 17.1 Å². The first-order valence-electron chi connectivity index (χ1n) is 9.06. The highest BCUT2D eigenvalue weighted by Crippen LogP contribution is 2.32. The third kappa shape index (κ3) is 4.75. The zero-order valence-electron chi connectivity index (χ0n) is 15.6. The summed E-state index contributed by atoms with van der Waals surface area (Å²) in [5.74, 6) is 0.742. The topological polar surface area (TPSA) is 59.8 Å². The summed E-state index contributed by atoms with van der Waals surface area (Å²) in [5, 5.41) is 12.8. The molecular weight excluding hydrogens is 484 g/mol. The molecular formula is C22H16BrClN4OS. The number of carbonyl (C=O) groups is 1. The Balaban J connectivity index is 1.60. The molecule has 4 aromatic rings. The number of benzene rings is 3. The lowest BCUT2D eigenvalue weighted by Crippen LogP contribution is -2.14. The molecule has 1 heterocycles. The average Bonchev–Trinajstić information content (AvgIpc) is 3.17. The Morgan fingerprint density at radius 1 is 1.00 bits per heavy atom. The molecule has 1 aromatic heterocycles. The van der Waals surface area contributed by atoms with Gasteiger partial charge in [-0.05, 0) is 36.4 Å². The lowest BCUT2D eigenvalue weighted by molar-refractivity contribution is -0.113. The second-order valence-electron chi connectivity index (χ2n) is 6.30. The number of carbonyl (C=O) groups excluding carboxylic acids is 1. The predicted molar refractivity (Wildman–Crippen MR) is 125 cm³/mol. The van der Waals surface area contributed by atoms with Crippen molar-refractivity contribution in [2.24, 2.45) is 0 Å². The SMILES string of the molecule is O=C(CSc1nnc(-c2ccccc2Br)n1-c1ccccc1)Nc1cccc(Cl)c1. The van der Waals surface area contributed by atoms with Gasteiger partial charge in [0.1, 0.15) is 0 Å². The van der Waals surface area contributed by atoms with E-state index in [4.69, 9.17) is 11.6 Å². The number of hydrogen-bond acceptors (Lipinski definition) is 4. The number of rotatable bonds is 6. The van der Waals surface area contributed by atoms with Crippen LogP contribution in [0.2, 0.25) is 5.02 Å². The van der Waals surface area contributed by atoms with Crippen molar-refractivity contribution >= 4 is 50.9 Å². The van der Waals surface area contributed by atoms with Crippen LogP contribution in [0.3, 0.4) is 0 Å². The molecule has 0 unspecified atom stereocenters. The monoisotopic (exact) mass is 498 g/mol. The average molecular weight is 500 g/mol. The van der Waals surface area contributed by atoms with Crippen molar-refractivity contribution in [1.82, 2.24) is 14.8 Å². The van der Waals surface area contributed by atoms with Gasteiger partial charge in [-0.3, -0.25) is 9.36 Å². The Hall–Kier alpha value is -2.61. The number of thioether (sulfide) groups is 1. The number of anilines is 1. The van der Waals surface area contributed by atoms with E-state index in [9.17, 15) is 4.79 Å². The number of hydrogen-bond donors (Lipinski definition) is 1. The van der Waals surface area contributed by atoms with E-state index in [-0.39, 0.29) is 11.7 Å². The van der Waals surface area contributed by atoms with E-state index in [0.717, 1.165) is 15.7 Å². The van der Waals surface area contributed by atoms with Crippen LogP contribution in [-0.4, -0.2) is 26.4 Å². The summed E-state index contributed by atoms with van der Waals surface area (Å²) in [6.45, 7) is 0. The highest BCUT2D eigenvalue weighted by Gasteiger charge is 2.18. The molecule has 0 bridgehead atoms. The van der Waals surface area contributed by atoms with Gasteiger partial charge in [-0.1, -0.05) is 81.8 Å². The van der Waals surface area contributed by atoms with Gasteiger partial charge in [0.05, 0.1) is 5.75 Å². The normalized spacial score (nSPS) is 10.7. The molecule has 8 heteroatoms. The van der Waals surface area contributed by atoms with Gasteiger partial charge in [0, 0.05) is 26.4 Å². The van der Waals surface area contributed by atoms with Gasteiger partial charge in [0.15, 0.2) is 11.0 Å². The summed E-state index contributed by atoms with van der Waals surface area (Å²) in [5.41, 5.74) is 2.50. The molecule has 30 heavy (non-hydrogen) atoms. The van der Waals surface area contributed by atoms with Crippen LogP contribution in [0.5, 0.6) is 0 Å². The van der Waals surface area contributed by atoms with E-state index < -0.39 is 0 Å². The summed E-state index contributed by atoms with van der Waals surface area (Å²) in [6.07, 6.45) is 0. The molecule has 0 atom stereocenters. The van der Waals surface area contributed by atoms with Crippen LogP contribution in [0.4, 0.5) is 5.69 Å². The standard InChI is InChI=1S/C22H16BrClN4OS/c23-19-12-5-4-11-18(19)21-26-27-22(28(21)17-9-2-1-3-10-17)30-14-20(29)25-16-8-6-7-15(24)13-16/h1-13H,14H2,(H,25,29). The maximum atomic E-state index is 12.4. The van der Waals surface area contributed by atoms with Gasteiger partial charge in [-0.2, -0.15) is 0 Å². The third-order valence-corrected chi connectivity index (χ3v) is 6.06. The molecule has 0 radical (unpaired) electrons. The van der Waals surface area contributed by atoms with Crippen molar-refractivity contribution in [1.29, 1.82) is 0 Å². The Bertz CT molecular complexity index is 1180. The molecule has 0 fully saturated rings. The summed E-state index contributed by atoms with van der Waals surface area (Å²) in [4.78, 5) is 12.4. The zero-order chi connectivity index (χ0) is 20.9.